The summed E-state index contributed by atoms with van der Waals surface area (Å²) in [7, 11) is 1.68. The van der Waals surface area contributed by atoms with Crippen LogP contribution in [0.5, 0.6) is 5.75 Å². The van der Waals surface area contributed by atoms with Gasteiger partial charge in [0.2, 0.25) is 0 Å². The second kappa shape index (κ2) is 8.59. The van der Waals surface area contributed by atoms with Gasteiger partial charge in [-0.25, -0.2) is 0 Å². The minimum absolute atomic E-state index is 0.131. The molecule has 6 heteroatoms. The highest BCUT2D eigenvalue weighted by molar-refractivity contribution is 6.32. The van der Waals surface area contributed by atoms with Crippen LogP contribution in [-0.2, 0) is 14.3 Å². The van der Waals surface area contributed by atoms with Gasteiger partial charge >= 0.3 is 0 Å². The van der Waals surface area contributed by atoms with Crippen molar-refractivity contribution in [1.82, 2.24) is 0 Å². The Morgan fingerprint density at radius 2 is 2.00 bits per heavy atom. The quantitative estimate of drug-likeness (QED) is 0.637. The van der Waals surface area contributed by atoms with Crippen LogP contribution in [-0.4, -0.2) is 37.4 Å². The molecule has 2 rings (SSSR count). The Balaban J connectivity index is 1.97. The third-order valence-corrected chi connectivity index (χ3v) is 5.25. The highest BCUT2D eigenvalue weighted by Gasteiger charge is 2.48. The minimum Gasteiger partial charge on any atom is -0.492 e. The highest BCUT2D eigenvalue weighted by Crippen LogP contribution is 2.42. The molecule has 1 saturated carbocycles. The van der Waals surface area contributed by atoms with Crippen molar-refractivity contribution in [3.8, 4) is 5.75 Å². The number of halogens is 1. The van der Waals surface area contributed by atoms with E-state index < -0.39 is 5.60 Å². The summed E-state index contributed by atoms with van der Waals surface area (Å²) in [5.74, 6) is 0.740. The van der Waals surface area contributed by atoms with Crippen molar-refractivity contribution < 1.29 is 19.0 Å². The van der Waals surface area contributed by atoms with Crippen LogP contribution in [0.15, 0.2) is 18.2 Å². The molecule has 0 aliphatic heterocycles. The first-order valence-electron chi connectivity index (χ1n) is 9.14. The van der Waals surface area contributed by atoms with Crippen molar-refractivity contribution in [1.29, 1.82) is 0 Å². The molecule has 1 amide bonds. The van der Waals surface area contributed by atoms with E-state index in [1.165, 1.54) is 0 Å². The van der Waals surface area contributed by atoms with Crippen LogP contribution in [0.3, 0.4) is 0 Å². The molecule has 0 unspecified atom stereocenters. The summed E-state index contributed by atoms with van der Waals surface area (Å²) < 4.78 is 16.9. The maximum Gasteiger partial charge on any atom is 0.256 e. The molecule has 0 heterocycles. The number of hydrogen-bond donors (Lipinski definition) is 1. The fourth-order valence-corrected chi connectivity index (χ4v) is 3.00. The molecule has 26 heavy (non-hydrogen) atoms. The number of benzene rings is 1. The molecular formula is C20H30ClNO4. The van der Waals surface area contributed by atoms with Gasteiger partial charge in [0.05, 0.1) is 17.2 Å². The summed E-state index contributed by atoms with van der Waals surface area (Å²) in [5.41, 5.74) is -0.397. The molecule has 1 atom stereocenters. The fraction of sp³-hybridized carbons (Fsp3) is 0.650. The SMILES string of the molecule is CCO[C@](C)(C(=O)Nc1ccc(OCCC(C)(C)OC)c(Cl)c1)C1CC1. The standard InChI is InChI=1S/C20H30ClNO4/c1-6-26-20(4,14-7-8-14)18(23)22-15-9-10-17(16(21)13-15)25-12-11-19(2,3)24-5/h9-10,13-14H,6-8,11-12H2,1-5H3,(H,22,23)/t20-/m0/s1. The summed E-state index contributed by atoms with van der Waals surface area (Å²) >= 11 is 6.31. The molecule has 1 aromatic rings. The maximum atomic E-state index is 12.7. The van der Waals surface area contributed by atoms with Crippen molar-refractivity contribution in [3.05, 3.63) is 23.2 Å². The maximum absolute atomic E-state index is 12.7. The third kappa shape index (κ3) is 5.35. The summed E-state index contributed by atoms with van der Waals surface area (Å²) in [5, 5.41) is 3.38. The van der Waals surface area contributed by atoms with Crippen LogP contribution < -0.4 is 10.1 Å². The van der Waals surface area contributed by atoms with Crippen molar-refractivity contribution in [2.75, 3.05) is 25.6 Å². The molecule has 146 valence electrons. The smallest absolute Gasteiger partial charge is 0.256 e. The van der Waals surface area contributed by atoms with E-state index in [0.717, 1.165) is 19.3 Å². The lowest BCUT2D eigenvalue weighted by Crippen LogP contribution is -2.44. The normalized spacial score (nSPS) is 16.8. The molecule has 1 aromatic carbocycles. The Hall–Kier alpha value is -1.30. The van der Waals surface area contributed by atoms with Gasteiger partial charge in [-0.1, -0.05) is 11.6 Å². The number of hydrogen-bond acceptors (Lipinski definition) is 4. The predicted octanol–water partition coefficient (Wildman–Crippen LogP) is 4.68. The lowest BCUT2D eigenvalue weighted by molar-refractivity contribution is -0.141. The molecule has 1 aliphatic rings. The van der Waals surface area contributed by atoms with E-state index in [-0.39, 0.29) is 17.4 Å². The van der Waals surface area contributed by atoms with Gasteiger partial charge in [-0.2, -0.15) is 0 Å². The molecule has 0 aromatic heterocycles. The Kier molecular flexibility index (Phi) is 6.94. The van der Waals surface area contributed by atoms with E-state index >= 15 is 0 Å². The Labute approximate surface area is 161 Å². The van der Waals surface area contributed by atoms with Gasteiger partial charge in [0.1, 0.15) is 11.4 Å². The average Bonchev–Trinajstić information content (AvgIpc) is 3.42. The van der Waals surface area contributed by atoms with Gasteiger partial charge in [0.25, 0.3) is 5.91 Å². The fourth-order valence-electron chi connectivity index (χ4n) is 2.76. The third-order valence-electron chi connectivity index (χ3n) is 4.96. The molecular weight excluding hydrogens is 354 g/mol. The molecule has 1 fully saturated rings. The molecule has 0 saturated heterocycles. The topological polar surface area (TPSA) is 56.8 Å². The van der Waals surface area contributed by atoms with Crippen LogP contribution in [0.2, 0.25) is 5.02 Å². The van der Waals surface area contributed by atoms with Crippen LogP contribution in [0, 0.1) is 5.92 Å². The molecule has 0 radical (unpaired) electrons. The number of methoxy groups -OCH3 is 1. The monoisotopic (exact) mass is 383 g/mol. The zero-order valence-electron chi connectivity index (χ0n) is 16.4. The molecule has 5 nitrogen and oxygen atoms in total. The lowest BCUT2D eigenvalue weighted by atomic mass is 9.99. The average molecular weight is 384 g/mol. The van der Waals surface area contributed by atoms with Crippen molar-refractivity contribution in [2.24, 2.45) is 5.92 Å². The highest BCUT2D eigenvalue weighted by atomic mass is 35.5. The lowest BCUT2D eigenvalue weighted by Gasteiger charge is -2.28. The van der Waals surface area contributed by atoms with Crippen molar-refractivity contribution in [3.63, 3.8) is 0 Å². The van der Waals surface area contributed by atoms with E-state index in [0.29, 0.717) is 29.7 Å². The zero-order chi connectivity index (χ0) is 19.4. The second-order valence-corrected chi connectivity index (χ2v) is 7.88. The number of amides is 1. The largest absolute Gasteiger partial charge is 0.492 e. The summed E-state index contributed by atoms with van der Waals surface area (Å²) in [6, 6.07) is 5.27. The van der Waals surface area contributed by atoms with Gasteiger partial charge in [0.15, 0.2) is 0 Å². The van der Waals surface area contributed by atoms with E-state index in [2.05, 4.69) is 5.32 Å². The van der Waals surface area contributed by atoms with Crippen LogP contribution >= 0.6 is 11.6 Å². The van der Waals surface area contributed by atoms with Gasteiger partial charge < -0.3 is 19.5 Å². The zero-order valence-corrected chi connectivity index (χ0v) is 17.1. The molecule has 1 N–H and O–H groups in total. The molecule has 0 bridgehead atoms. The van der Waals surface area contributed by atoms with Gasteiger partial charge in [-0.05, 0) is 64.7 Å². The van der Waals surface area contributed by atoms with Gasteiger partial charge in [0, 0.05) is 25.8 Å². The van der Waals surface area contributed by atoms with E-state index in [4.69, 9.17) is 25.8 Å². The van der Waals surface area contributed by atoms with Gasteiger partial charge in [-0.15, -0.1) is 0 Å². The summed E-state index contributed by atoms with van der Waals surface area (Å²) in [6.07, 6.45) is 2.79. The molecule has 0 spiro atoms. The number of rotatable bonds is 10. The Morgan fingerprint density at radius 3 is 2.54 bits per heavy atom. The number of carbonyl (C=O) groups is 1. The van der Waals surface area contributed by atoms with Crippen LogP contribution in [0.4, 0.5) is 5.69 Å². The van der Waals surface area contributed by atoms with Crippen molar-refractivity contribution in [2.45, 2.75) is 58.2 Å². The van der Waals surface area contributed by atoms with E-state index in [1.807, 2.05) is 27.7 Å². The predicted molar refractivity (Wildman–Crippen MR) is 104 cm³/mol. The number of nitrogens with one attached hydrogen (secondary N) is 1. The number of ether oxygens (including phenoxy) is 3. The first-order chi connectivity index (χ1) is 12.2. The second-order valence-electron chi connectivity index (χ2n) is 7.48. The minimum atomic E-state index is -0.790. The summed E-state index contributed by atoms with van der Waals surface area (Å²) in [4.78, 5) is 12.7. The van der Waals surface area contributed by atoms with E-state index in [1.54, 1.807) is 25.3 Å². The van der Waals surface area contributed by atoms with Crippen LogP contribution in [0.25, 0.3) is 0 Å². The first kappa shape index (κ1) is 21.0. The summed E-state index contributed by atoms with van der Waals surface area (Å²) in [6.45, 7) is 8.78. The number of anilines is 1. The van der Waals surface area contributed by atoms with E-state index in [9.17, 15) is 4.79 Å². The van der Waals surface area contributed by atoms with Crippen LogP contribution in [0.1, 0.15) is 47.0 Å². The van der Waals surface area contributed by atoms with Gasteiger partial charge in [-0.3, -0.25) is 4.79 Å². The Morgan fingerprint density at radius 1 is 1.31 bits per heavy atom. The number of carbonyl (C=O) groups excluding carboxylic acids is 1. The van der Waals surface area contributed by atoms with Crippen molar-refractivity contribution >= 4 is 23.2 Å². The Bertz CT molecular complexity index is 630. The molecule has 1 aliphatic carbocycles. The first-order valence-corrected chi connectivity index (χ1v) is 9.52.